The molecule has 0 saturated heterocycles. The van der Waals surface area contributed by atoms with Gasteiger partial charge in [0.1, 0.15) is 5.60 Å². The van der Waals surface area contributed by atoms with E-state index in [1.807, 2.05) is 53.7 Å². The normalized spacial score (nSPS) is 12.0. The molecule has 0 radical (unpaired) electrons. The second kappa shape index (κ2) is 7.95. The van der Waals surface area contributed by atoms with Gasteiger partial charge in [0.05, 0.1) is 0 Å². The zero-order valence-corrected chi connectivity index (χ0v) is 16.2. The summed E-state index contributed by atoms with van der Waals surface area (Å²) in [6, 6.07) is 8.26. The molecule has 0 bridgehead atoms. The smallest absolute Gasteiger partial charge is 0.410 e. The number of amides is 1. The summed E-state index contributed by atoms with van der Waals surface area (Å²) >= 11 is 1.71. The fourth-order valence-electron chi connectivity index (χ4n) is 2.06. The maximum atomic E-state index is 12.4. The summed E-state index contributed by atoms with van der Waals surface area (Å²) in [5.74, 6) is 0. The third-order valence-corrected chi connectivity index (χ3v) is 3.88. The number of benzene rings is 1. The van der Waals surface area contributed by atoms with Crippen LogP contribution in [0.2, 0.25) is 0 Å². The fourth-order valence-corrected chi connectivity index (χ4v) is 2.52. The molecule has 130 valence electrons. The van der Waals surface area contributed by atoms with E-state index >= 15 is 0 Å². The highest BCUT2D eigenvalue weighted by molar-refractivity contribution is 7.98. The highest BCUT2D eigenvalue weighted by atomic mass is 32.2. The average molecular weight is 339 g/mol. The quantitative estimate of drug-likeness (QED) is 0.779. The van der Waals surface area contributed by atoms with E-state index in [4.69, 9.17) is 4.74 Å². The Morgan fingerprint density at radius 1 is 1.22 bits per heavy atom. The summed E-state index contributed by atoms with van der Waals surface area (Å²) < 4.78 is 5.52. The van der Waals surface area contributed by atoms with Crippen LogP contribution in [-0.4, -0.2) is 41.5 Å². The first-order valence-corrected chi connectivity index (χ1v) is 9.14. The first-order valence-electron chi connectivity index (χ1n) is 7.91. The lowest BCUT2D eigenvalue weighted by atomic mass is 10.1. The molecule has 0 aliphatic carbocycles. The number of anilines is 1. The van der Waals surface area contributed by atoms with E-state index in [0.29, 0.717) is 13.1 Å². The van der Waals surface area contributed by atoms with Crippen molar-refractivity contribution in [3.05, 3.63) is 24.3 Å². The van der Waals surface area contributed by atoms with Crippen molar-refractivity contribution in [1.82, 2.24) is 4.90 Å². The molecular formula is C18H30N2O2S. The van der Waals surface area contributed by atoms with Gasteiger partial charge in [-0.05, 0) is 66.0 Å². The standard InChI is InChI=1S/C18H30N2O2S/c1-17(2,3)20(16(21)22-18(4,5)6)12-11-19-14-9-8-10-15(13-14)23-7/h8-10,13,19H,11-12H2,1-7H3. The Hall–Kier alpha value is -1.36. The van der Waals surface area contributed by atoms with Gasteiger partial charge in [0.25, 0.3) is 0 Å². The molecule has 4 nitrogen and oxygen atoms in total. The largest absolute Gasteiger partial charge is 0.444 e. The SMILES string of the molecule is CSc1cccc(NCCN(C(=O)OC(C)(C)C)C(C)(C)C)c1. The molecule has 0 saturated carbocycles. The summed E-state index contributed by atoms with van der Waals surface area (Å²) in [5, 5.41) is 3.38. The topological polar surface area (TPSA) is 41.6 Å². The lowest BCUT2D eigenvalue weighted by Gasteiger charge is -2.37. The summed E-state index contributed by atoms with van der Waals surface area (Å²) in [6.07, 6.45) is 1.79. The molecule has 0 aromatic heterocycles. The molecule has 1 N–H and O–H groups in total. The molecule has 1 amide bonds. The molecule has 1 aromatic rings. The van der Waals surface area contributed by atoms with Crippen molar-refractivity contribution in [2.24, 2.45) is 0 Å². The van der Waals surface area contributed by atoms with Crippen LogP contribution in [0.5, 0.6) is 0 Å². The molecule has 0 unspecified atom stereocenters. The van der Waals surface area contributed by atoms with E-state index in [9.17, 15) is 4.79 Å². The Balaban J connectivity index is 2.66. The molecule has 1 rings (SSSR count). The van der Waals surface area contributed by atoms with Gasteiger partial charge in [-0.25, -0.2) is 4.79 Å². The second-order valence-electron chi connectivity index (χ2n) is 7.46. The lowest BCUT2D eigenvalue weighted by molar-refractivity contribution is 0.00749. The van der Waals surface area contributed by atoms with E-state index in [2.05, 4.69) is 23.7 Å². The van der Waals surface area contributed by atoms with Crippen molar-refractivity contribution in [3.63, 3.8) is 0 Å². The summed E-state index contributed by atoms with van der Waals surface area (Å²) in [5.41, 5.74) is 0.293. The number of nitrogens with one attached hydrogen (secondary N) is 1. The fraction of sp³-hybridized carbons (Fsp3) is 0.611. The summed E-state index contributed by atoms with van der Waals surface area (Å²) in [6.45, 7) is 13.0. The summed E-state index contributed by atoms with van der Waals surface area (Å²) in [7, 11) is 0. The molecule has 0 spiro atoms. The highest BCUT2D eigenvalue weighted by Crippen LogP contribution is 2.20. The van der Waals surface area contributed by atoms with Crippen LogP contribution >= 0.6 is 11.8 Å². The minimum atomic E-state index is -0.485. The number of rotatable bonds is 5. The first kappa shape index (κ1) is 19.7. The molecule has 1 aromatic carbocycles. The van der Waals surface area contributed by atoms with Crippen LogP contribution in [0, 0.1) is 0 Å². The third-order valence-electron chi connectivity index (χ3n) is 3.16. The number of hydrogen-bond acceptors (Lipinski definition) is 4. The predicted octanol–water partition coefficient (Wildman–Crippen LogP) is 4.86. The Morgan fingerprint density at radius 2 is 1.87 bits per heavy atom. The maximum absolute atomic E-state index is 12.4. The van der Waals surface area contributed by atoms with Crippen LogP contribution in [0.15, 0.2) is 29.2 Å². The molecular weight excluding hydrogens is 308 g/mol. The van der Waals surface area contributed by atoms with E-state index < -0.39 is 5.60 Å². The third kappa shape index (κ3) is 7.16. The van der Waals surface area contributed by atoms with Crippen LogP contribution in [0.4, 0.5) is 10.5 Å². The van der Waals surface area contributed by atoms with Crippen LogP contribution in [0.1, 0.15) is 41.5 Å². The van der Waals surface area contributed by atoms with Gasteiger partial charge in [0, 0.05) is 29.2 Å². The number of nitrogens with zero attached hydrogens (tertiary/aromatic N) is 1. The van der Waals surface area contributed by atoms with Crippen molar-refractivity contribution in [1.29, 1.82) is 0 Å². The van der Waals surface area contributed by atoms with Gasteiger partial charge in [-0.1, -0.05) is 6.07 Å². The number of carbonyl (C=O) groups is 1. The lowest BCUT2D eigenvalue weighted by Crippen LogP contribution is -2.49. The average Bonchev–Trinajstić information content (AvgIpc) is 2.40. The monoisotopic (exact) mass is 338 g/mol. The van der Waals surface area contributed by atoms with Crippen LogP contribution in [0.3, 0.4) is 0 Å². The van der Waals surface area contributed by atoms with Gasteiger partial charge >= 0.3 is 6.09 Å². The molecule has 0 heterocycles. The van der Waals surface area contributed by atoms with Crippen molar-refractivity contribution >= 4 is 23.5 Å². The molecule has 23 heavy (non-hydrogen) atoms. The number of ether oxygens (including phenoxy) is 1. The van der Waals surface area contributed by atoms with Gasteiger partial charge < -0.3 is 15.0 Å². The van der Waals surface area contributed by atoms with Crippen molar-refractivity contribution in [3.8, 4) is 0 Å². The molecule has 0 aliphatic heterocycles. The molecule has 5 heteroatoms. The maximum Gasteiger partial charge on any atom is 0.410 e. The van der Waals surface area contributed by atoms with E-state index in [1.54, 1.807) is 16.7 Å². The van der Waals surface area contributed by atoms with E-state index in [1.165, 1.54) is 4.90 Å². The number of hydrogen-bond donors (Lipinski definition) is 1. The van der Waals surface area contributed by atoms with Crippen LogP contribution in [-0.2, 0) is 4.74 Å². The van der Waals surface area contributed by atoms with Gasteiger partial charge in [-0.3, -0.25) is 0 Å². The molecule has 0 fully saturated rings. The summed E-state index contributed by atoms with van der Waals surface area (Å²) in [4.78, 5) is 15.4. The predicted molar refractivity (Wildman–Crippen MR) is 99.4 cm³/mol. The van der Waals surface area contributed by atoms with Crippen molar-refractivity contribution in [2.45, 2.75) is 57.6 Å². The van der Waals surface area contributed by atoms with Crippen molar-refractivity contribution in [2.75, 3.05) is 24.7 Å². The minimum absolute atomic E-state index is 0.273. The van der Waals surface area contributed by atoms with Gasteiger partial charge in [0.2, 0.25) is 0 Å². The van der Waals surface area contributed by atoms with Crippen molar-refractivity contribution < 1.29 is 9.53 Å². The Morgan fingerprint density at radius 3 is 2.39 bits per heavy atom. The first-order chi connectivity index (χ1) is 10.5. The van der Waals surface area contributed by atoms with E-state index in [-0.39, 0.29) is 11.6 Å². The van der Waals surface area contributed by atoms with Crippen LogP contribution in [0.25, 0.3) is 0 Å². The zero-order chi connectivity index (χ0) is 17.7. The highest BCUT2D eigenvalue weighted by Gasteiger charge is 2.30. The second-order valence-corrected chi connectivity index (χ2v) is 8.34. The molecule has 0 atom stereocenters. The van der Waals surface area contributed by atoms with Gasteiger partial charge in [0.15, 0.2) is 0 Å². The Labute approximate surface area is 145 Å². The van der Waals surface area contributed by atoms with Gasteiger partial charge in [-0.15, -0.1) is 11.8 Å². The zero-order valence-electron chi connectivity index (χ0n) is 15.4. The van der Waals surface area contributed by atoms with E-state index in [0.717, 1.165) is 5.69 Å². The Kier molecular flexibility index (Phi) is 6.81. The Bertz CT molecular complexity index is 518. The van der Waals surface area contributed by atoms with Gasteiger partial charge in [-0.2, -0.15) is 0 Å². The molecule has 0 aliphatic rings. The number of carbonyl (C=O) groups excluding carboxylic acids is 1. The van der Waals surface area contributed by atoms with Crippen LogP contribution < -0.4 is 5.32 Å². The number of thioether (sulfide) groups is 1. The minimum Gasteiger partial charge on any atom is -0.444 e.